The second kappa shape index (κ2) is 8.34. The van der Waals surface area contributed by atoms with Crippen molar-refractivity contribution in [2.24, 2.45) is 0 Å². The molecule has 0 unspecified atom stereocenters. The number of nitrogens with zero attached hydrogens (tertiary/aromatic N) is 3. The Morgan fingerprint density at radius 1 is 1.21 bits per heavy atom. The van der Waals surface area contributed by atoms with Crippen LogP contribution in [0.5, 0.6) is 11.5 Å². The van der Waals surface area contributed by atoms with Gasteiger partial charge in [0.25, 0.3) is 5.69 Å². The Balaban J connectivity index is 1.75. The van der Waals surface area contributed by atoms with Crippen LogP contribution in [-0.4, -0.2) is 20.6 Å². The molecule has 2 aromatic carbocycles. The number of para-hydroxylation sites is 1. The van der Waals surface area contributed by atoms with Crippen molar-refractivity contribution in [3.8, 4) is 11.5 Å². The van der Waals surface area contributed by atoms with Crippen LogP contribution in [0.4, 0.5) is 11.4 Å². The van der Waals surface area contributed by atoms with E-state index in [0.717, 1.165) is 11.3 Å². The minimum atomic E-state index is -0.520. The van der Waals surface area contributed by atoms with Crippen molar-refractivity contribution in [2.45, 2.75) is 26.8 Å². The maximum atomic E-state index is 12.3. The fraction of sp³-hybridized carbons (Fsp3) is 0.200. The number of carbonyl (C=O) groups excluding carboxylic acids is 1. The maximum Gasteiger partial charge on any atom is 0.275 e. The predicted octanol–water partition coefficient (Wildman–Crippen LogP) is 4.23. The number of amides is 1. The number of nitro groups is 1. The summed E-state index contributed by atoms with van der Waals surface area (Å²) in [5.74, 6) is 0.605. The summed E-state index contributed by atoms with van der Waals surface area (Å²) in [4.78, 5) is 23.0. The van der Waals surface area contributed by atoms with Crippen LogP contribution in [0.1, 0.15) is 17.7 Å². The number of nitro benzene ring substituents is 1. The summed E-state index contributed by atoms with van der Waals surface area (Å²) in [6, 6.07) is 13.4. The second-order valence-corrected chi connectivity index (χ2v) is 6.33. The molecule has 0 fully saturated rings. The lowest BCUT2D eigenvalue weighted by Crippen LogP contribution is -2.15. The van der Waals surface area contributed by atoms with Gasteiger partial charge in [-0.15, -0.1) is 0 Å². The van der Waals surface area contributed by atoms with E-state index in [-0.39, 0.29) is 23.8 Å². The van der Waals surface area contributed by atoms with E-state index in [2.05, 4.69) is 10.4 Å². The van der Waals surface area contributed by atoms with Crippen molar-refractivity contribution in [1.29, 1.82) is 0 Å². The first-order valence-electron chi connectivity index (χ1n) is 8.73. The zero-order chi connectivity index (χ0) is 20.1. The summed E-state index contributed by atoms with van der Waals surface area (Å²) < 4.78 is 7.51. The number of aryl methyl sites for hydroxylation is 3. The fourth-order valence-corrected chi connectivity index (χ4v) is 2.68. The monoisotopic (exact) mass is 380 g/mol. The van der Waals surface area contributed by atoms with Gasteiger partial charge in [0.05, 0.1) is 16.7 Å². The van der Waals surface area contributed by atoms with E-state index in [0.29, 0.717) is 18.0 Å². The van der Waals surface area contributed by atoms with Gasteiger partial charge in [0.2, 0.25) is 5.91 Å². The zero-order valence-electron chi connectivity index (χ0n) is 15.6. The molecule has 0 atom stereocenters. The van der Waals surface area contributed by atoms with Gasteiger partial charge in [-0.25, -0.2) is 0 Å². The van der Waals surface area contributed by atoms with Crippen LogP contribution < -0.4 is 10.1 Å². The standard InChI is InChI=1S/C20H20N4O4/c1-14-5-3-4-6-19(14)28-18-12-16(11-17(13-18)24(26)27)22-20(25)8-10-23-15(2)7-9-21-23/h3-7,9,11-13H,8,10H2,1-2H3,(H,22,25). The average molecular weight is 380 g/mol. The quantitative estimate of drug-likeness (QED) is 0.488. The average Bonchev–Trinajstić information content (AvgIpc) is 3.06. The van der Waals surface area contributed by atoms with Gasteiger partial charge < -0.3 is 10.1 Å². The van der Waals surface area contributed by atoms with Crippen LogP contribution >= 0.6 is 0 Å². The molecule has 3 aromatic rings. The molecule has 0 spiro atoms. The van der Waals surface area contributed by atoms with Crippen LogP contribution in [0.3, 0.4) is 0 Å². The van der Waals surface area contributed by atoms with E-state index in [1.165, 1.54) is 12.1 Å². The maximum absolute atomic E-state index is 12.3. The summed E-state index contributed by atoms with van der Waals surface area (Å²) >= 11 is 0. The Morgan fingerprint density at radius 3 is 2.68 bits per heavy atom. The number of benzene rings is 2. The molecule has 0 aliphatic carbocycles. The first-order chi connectivity index (χ1) is 13.4. The first-order valence-corrected chi connectivity index (χ1v) is 8.73. The topological polar surface area (TPSA) is 99.3 Å². The van der Waals surface area contributed by atoms with Crippen LogP contribution in [0, 0.1) is 24.0 Å². The number of hydrogen-bond acceptors (Lipinski definition) is 5. The number of hydrogen-bond donors (Lipinski definition) is 1. The smallest absolute Gasteiger partial charge is 0.275 e. The van der Waals surface area contributed by atoms with Crippen molar-refractivity contribution in [3.05, 3.63) is 76.1 Å². The molecule has 0 aliphatic rings. The largest absolute Gasteiger partial charge is 0.457 e. The highest BCUT2D eigenvalue weighted by molar-refractivity contribution is 5.91. The number of rotatable bonds is 7. The number of ether oxygens (including phenoxy) is 1. The molecule has 8 heteroatoms. The molecular weight excluding hydrogens is 360 g/mol. The number of aromatic nitrogens is 2. The molecule has 1 amide bonds. The summed E-state index contributed by atoms with van der Waals surface area (Å²) in [7, 11) is 0. The van der Waals surface area contributed by atoms with Gasteiger partial charge in [0, 0.05) is 37.0 Å². The third kappa shape index (κ3) is 4.73. The van der Waals surface area contributed by atoms with Crippen molar-refractivity contribution in [3.63, 3.8) is 0 Å². The molecule has 0 bridgehead atoms. The van der Waals surface area contributed by atoms with Gasteiger partial charge in [-0.2, -0.15) is 5.10 Å². The molecule has 1 N–H and O–H groups in total. The lowest BCUT2D eigenvalue weighted by molar-refractivity contribution is -0.384. The molecule has 1 heterocycles. The van der Waals surface area contributed by atoms with Gasteiger partial charge >= 0.3 is 0 Å². The van der Waals surface area contributed by atoms with Crippen LogP contribution in [0.2, 0.25) is 0 Å². The predicted molar refractivity (Wildman–Crippen MR) is 105 cm³/mol. The third-order valence-corrected chi connectivity index (χ3v) is 4.19. The first kappa shape index (κ1) is 19.1. The van der Waals surface area contributed by atoms with Crippen molar-refractivity contribution in [2.75, 3.05) is 5.32 Å². The minimum absolute atomic E-state index is 0.163. The number of anilines is 1. The van der Waals surface area contributed by atoms with Crippen molar-refractivity contribution >= 4 is 17.3 Å². The van der Waals surface area contributed by atoms with Gasteiger partial charge in [-0.05, 0) is 31.5 Å². The van der Waals surface area contributed by atoms with E-state index in [1.54, 1.807) is 23.0 Å². The van der Waals surface area contributed by atoms with E-state index in [1.807, 2.05) is 38.1 Å². The fourth-order valence-electron chi connectivity index (χ4n) is 2.68. The van der Waals surface area contributed by atoms with Gasteiger partial charge in [-0.3, -0.25) is 19.6 Å². The molecule has 8 nitrogen and oxygen atoms in total. The van der Waals surface area contributed by atoms with Crippen LogP contribution in [0.15, 0.2) is 54.7 Å². The SMILES string of the molecule is Cc1ccccc1Oc1cc(NC(=O)CCn2nccc2C)cc([N+](=O)[O-])c1. The summed E-state index contributed by atoms with van der Waals surface area (Å²) in [5.41, 5.74) is 2.00. The van der Waals surface area contributed by atoms with Gasteiger partial charge in [0.15, 0.2) is 0 Å². The summed E-state index contributed by atoms with van der Waals surface area (Å²) in [6.07, 6.45) is 1.86. The molecule has 0 saturated carbocycles. The Kier molecular flexibility index (Phi) is 5.69. The minimum Gasteiger partial charge on any atom is -0.457 e. The van der Waals surface area contributed by atoms with Crippen LogP contribution in [0.25, 0.3) is 0 Å². The van der Waals surface area contributed by atoms with E-state index >= 15 is 0 Å². The number of carbonyl (C=O) groups is 1. The normalized spacial score (nSPS) is 10.5. The zero-order valence-corrected chi connectivity index (χ0v) is 15.6. The lowest BCUT2D eigenvalue weighted by atomic mass is 10.2. The second-order valence-electron chi connectivity index (χ2n) is 6.33. The highest BCUT2D eigenvalue weighted by Gasteiger charge is 2.14. The van der Waals surface area contributed by atoms with E-state index < -0.39 is 4.92 Å². The Labute approximate surface area is 161 Å². The molecule has 0 radical (unpaired) electrons. The van der Waals surface area contributed by atoms with Gasteiger partial charge in [0.1, 0.15) is 11.5 Å². The molecule has 3 rings (SSSR count). The van der Waals surface area contributed by atoms with Crippen molar-refractivity contribution < 1.29 is 14.5 Å². The molecular formula is C20H20N4O4. The Morgan fingerprint density at radius 2 is 2.00 bits per heavy atom. The third-order valence-electron chi connectivity index (χ3n) is 4.19. The highest BCUT2D eigenvalue weighted by Crippen LogP contribution is 2.31. The molecule has 0 aliphatic heterocycles. The van der Waals surface area contributed by atoms with Crippen LogP contribution in [-0.2, 0) is 11.3 Å². The highest BCUT2D eigenvalue weighted by atomic mass is 16.6. The molecule has 0 saturated heterocycles. The van der Waals surface area contributed by atoms with E-state index in [4.69, 9.17) is 4.74 Å². The van der Waals surface area contributed by atoms with Crippen molar-refractivity contribution in [1.82, 2.24) is 9.78 Å². The molecule has 28 heavy (non-hydrogen) atoms. The van der Waals surface area contributed by atoms with E-state index in [9.17, 15) is 14.9 Å². The van der Waals surface area contributed by atoms with Gasteiger partial charge in [-0.1, -0.05) is 18.2 Å². The summed E-state index contributed by atoms with van der Waals surface area (Å²) in [5, 5.41) is 18.1. The molecule has 1 aromatic heterocycles. The number of non-ortho nitro benzene ring substituents is 1. The Hall–Kier alpha value is -3.68. The lowest BCUT2D eigenvalue weighted by Gasteiger charge is -2.11. The number of nitrogens with one attached hydrogen (secondary N) is 1. The Bertz CT molecular complexity index is 1010. The summed E-state index contributed by atoms with van der Waals surface area (Å²) in [6.45, 7) is 4.21. The molecule has 144 valence electrons.